The number of carbonyl (C=O) groups is 4. The first-order chi connectivity index (χ1) is 17.4. The minimum Gasteiger partial charge on any atom is -0.478 e. The predicted octanol–water partition coefficient (Wildman–Crippen LogP) is 4.31. The molecular weight excluding hydrogens is 462 g/mol. The zero-order valence-corrected chi connectivity index (χ0v) is 18.9. The van der Waals surface area contributed by atoms with Gasteiger partial charge in [0.25, 0.3) is 5.91 Å². The Labute approximate surface area is 206 Å². The van der Waals surface area contributed by atoms with E-state index in [1.54, 1.807) is 60.7 Å². The number of rotatable bonds is 8. The Morgan fingerprint density at radius 1 is 0.611 bits per heavy atom. The minimum absolute atomic E-state index is 0.0753. The van der Waals surface area contributed by atoms with E-state index in [9.17, 15) is 24.3 Å². The van der Waals surface area contributed by atoms with Crippen LogP contribution in [-0.4, -0.2) is 41.1 Å². The fourth-order valence-electron chi connectivity index (χ4n) is 3.55. The van der Waals surface area contributed by atoms with Crippen LogP contribution in [0.5, 0.6) is 0 Å². The van der Waals surface area contributed by atoms with E-state index in [0.717, 1.165) is 5.39 Å². The number of aliphatic carboxylic acids is 1. The lowest BCUT2D eigenvalue weighted by Gasteiger charge is -2.24. The molecule has 4 aromatic rings. The Balaban J connectivity index is 1.66. The summed E-state index contributed by atoms with van der Waals surface area (Å²) in [5, 5.41) is 14.0. The maximum Gasteiger partial charge on any atom is 0.349 e. The number of fused-ring (bicyclic) bond motifs is 1. The molecule has 8 heteroatoms. The van der Waals surface area contributed by atoms with Gasteiger partial charge in [0.1, 0.15) is 0 Å². The van der Waals surface area contributed by atoms with E-state index < -0.39 is 36.0 Å². The molecule has 0 heterocycles. The van der Waals surface area contributed by atoms with Gasteiger partial charge in [-0.05, 0) is 35.7 Å². The molecule has 2 atom stereocenters. The van der Waals surface area contributed by atoms with E-state index in [1.165, 1.54) is 24.3 Å². The van der Waals surface area contributed by atoms with Crippen LogP contribution in [0.2, 0.25) is 0 Å². The second-order valence-corrected chi connectivity index (χ2v) is 7.74. The standard InChI is InChI=1S/C28H21NO7/c30-25(29-22-17-9-15-18-10-7-8-16-21(18)22)23(35-27(33)19-11-3-1-4-12-19)24(26(31)32)36-28(34)20-13-5-2-6-14-20/h1-17,23-24H,(H,29,30)(H,31,32)/t23-,24+/m0/s1. The smallest absolute Gasteiger partial charge is 0.349 e. The van der Waals surface area contributed by atoms with Crippen LogP contribution in [0.25, 0.3) is 10.8 Å². The predicted molar refractivity (Wildman–Crippen MR) is 132 cm³/mol. The van der Waals surface area contributed by atoms with Gasteiger partial charge in [-0.2, -0.15) is 0 Å². The summed E-state index contributed by atoms with van der Waals surface area (Å²) in [5.74, 6) is -4.56. The number of carboxylic acid groups (broad SMARTS) is 1. The summed E-state index contributed by atoms with van der Waals surface area (Å²) < 4.78 is 10.5. The Bertz CT molecular complexity index is 1400. The number of hydrogen-bond donors (Lipinski definition) is 2. The van der Waals surface area contributed by atoms with Crippen molar-refractivity contribution in [3.8, 4) is 0 Å². The summed E-state index contributed by atoms with van der Waals surface area (Å²) in [7, 11) is 0. The first-order valence-corrected chi connectivity index (χ1v) is 11.0. The van der Waals surface area contributed by atoms with Crippen molar-refractivity contribution in [3.63, 3.8) is 0 Å². The number of carbonyl (C=O) groups excluding carboxylic acids is 3. The Morgan fingerprint density at radius 3 is 1.69 bits per heavy atom. The van der Waals surface area contributed by atoms with Crippen molar-refractivity contribution in [2.45, 2.75) is 12.2 Å². The molecule has 0 fully saturated rings. The maximum atomic E-state index is 13.3. The van der Waals surface area contributed by atoms with Gasteiger partial charge in [-0.15, -0.1) is 0 Å². The lowest BCUT2D eigenvalue weighted by molar-refractivity contribution is -0.157. The molecule has 4 aromatic carbocycles. The second kappa shape index (κ2) is 11.0. The second-order valence-electron chi connectivity index (χ2n) is 7.74. The Kier molecular flexibility index (Phi) is 7.36. The molecule has 0 unspecified atom stereocenters. The Morgan fingerprint density at radius 2 is 1.11 bits per heavy atom. The van der Waals surface area contributed by atoms with E-state index in [2.05, 4.69) is 5.32 Å². The molecule has 36 heavy (non-hydrogen) atoms. The van der Waals surface area contributed by atoms with Gasteiger partial charge in [0.2, 0.25) is 12.2 Å². The number of amides is 1. The average molecular weight is 483 g/mol. The van der Waals surface area contributed by atoms with E-state index in [0.29, 0.717) is 11.1 Å². The number of nitrogens with one attached hydrogen (secondary N) is 1. The van der Waals surface area contributed by atoms with E-state index in [-0.39, 0.29) is 11.1 Å². The monoisotopic (exact) mass is 483 g/mol. The fraction of sp³-hybridized carbons (Fsp3) is 0.0714. The summed E-state index contributed by atoms with van der Waals surface area (Å²) >= 11 is 0. The molecule has 8 nitrogen and oxygen atoms in total. The molecule has 0 aliphatic carbocycles. The molecule has 0 saturated heterocycles. The highest BCUT2D eigenvalue weighted by molar-refractivity contribution is 6.06. The molecule has 180 valence electrons. The van der Waals surface area contributed by atoms with Crippen LogP contribution in [0.15, 0.2) is 103 Å². The van der Waals surface area contributed by atoms with E-state index >= 15 is 0 Å². The van der Waals surface area contributed by atoms with Crippen molar-refractivity contribution in [3.05, 3.63) is 114 Å². The number of anilines is 1. The molecule has 1 amide bonds. The molecule has 4 rings (SSSR count). The van der Waals surface area contributed by atoms with Gasteiger partial charge in [-0.3, -0.25) is 4.79 Å². The molecular formula is C28H21NO7. The topological polar surface area (TPSA) is 119 Å². The van der Waals surface area contributed by atoms with Gasteiger partial charge < -0.3 is 19.9 Å². The number of hydrogen-bond acceptors (Lipinski definition) is 6. The zero-order valence-electron chi connectivity index (χ0n) is 18.9. The van der Waals surface area contributed by atoms with Gasteiger partial charge in [0, 0.05) is 11.1 Å². The van der Waals surface area contributed by atoms with Gasteiger partial charge in [-0.25, -0.2) is 14.4 Å². The summed E-state index contributed by atoms with van der Waals surface area (Å²) in [6.07, 6.45) is -4.10. The van der Waals surface area contributed by atoms with Gasteiger partial charge in [0.15, 0.2) is 0 Å². The number of benzene rings is 4. The van der Waals surface area contributed by atoms with Gasteiger partial charge in [0.05, 0.1) is 11.1 Å². The van der Waals surface area contributed by atoms with Crippen molar-refractivity contribution in [1.29, 1.82) is 0 Å². The van der Waals surface area contributed by atoms with Crippen LogP contribution in [-0.2, 0) is 19.1 Å². The highest BCUT2D eigenvalue weighted by Crippen LogP contribution is 2.24. The summed E-state index contributed by atoms with van der Waals surface area (Å²) in [5.41, 5.74) is 0.544. The van der Waals surface area contributed by atoms with Gasteiger partial charge in [-0.1, -0.05) is 72.8 Å². The third kappa shape index (κ3) is 5.56. The van der Waals surface area contributed by atoms with Crippen LogP contribution in [0.4, 0.5) is 5.69 Å². The first-order valence-electron chi connectivity index (χ1n) is 11.0. The normalized spacial score (nSPS) is 12.2. The highest BCUT2D eigenvalue weighted by Gasteiger charge is 2.41. The third-order valence-corrected chi connectivity index (χ3v) is 5.31. The van der Waals surface area contributed by atoms with Crippen LogP contribution >= 0.6 is 0 Å². The molecule has 2 N–H and O–H groups in total. The SMILES string of the molecule is O=C(O[C@H](C(=O)Nc1cccc2ccccc12)[C@@H](OC(=O)c1ccccc1)C(=O)O)c1ccccc1. The van der Waals surface area contributed by atoms with Gasteiger partial charge >= 0.3 is 17.9 Å². The lowest BCUT2D eigenvalue weighted by atomic mass is 10.1. The average Bonchev–Trinajstić information content (AvgIpc) is 2.91. The summed E-state index contributed by atoms with van der Waals surface area (Å²) in [4.78, 5) is 50.9. The maximum absolute atomic E-state index is 13.3. The fourth-order valence-corrected chi connectivity index (χ4v) is 3.55. The van der Waals surface area contributed by atoms with Crippen LogP contribution in [0, 0.1) is 0 Å². The third-order valence-electron chi connectivity index (χ3n) is 5.31. The molecule has 0 aromatic heterocycles. The number of esters is 2. The molecule has 0 aliphatic rings. The summed E-state index contributed by atoms with van der Waals surface area (Å²) in [6.45, 7) is 0. The van der Waals surface area contributed by atoms with Crippen molar-refractivity contribution in [2.24, 2.45) is 0 Å². The van der Waals surface area contributed by atoms with E-state index in [4.69, 9.17) is 9.47 Å². The highest BCUT2D eigenvalue weighted by atomic mass is 16.6. The number of carboxylic acids is 1. The van der Waals surface area contributed by atoms with Crippen LogP contribution in [0.3, 0.4) is 0 Å². The lowest BCUT2D eigenvalue weighted by Crippen LogP contribution is -2.48. The zero-order chi connectivity index (χ0) is 25.5. The molecule has 0 spiro atoms. The number of ether oxygens (including phenoxy) is 2. The van der Waals surface area contributed by atoms with Crippen molar-refractivity contribution >= 4 is 40.3 Å². The van der Waals surface area contributed by atoms with Crippen LogP contribution < -0.4 is 5.32 Å². The molecule has 0 bridgehead atoms. The van der Waals surface area contributed by atoms with Crippen molar-refractivity contribution in [1.82, 2.24) is 0 Å². The molecule has 0 radical (unpaired) electrons. The molecule has 0 saturated carbocycles. The molecule has 0 aliphatic heterocycles. The van der Waals surface area contributed by atoms with Crippen molar-refractivity contribution in [2.75, 3.05) is 5.32 Å². The quantitative estimate of drug-likeness (QED) is 0.358. The first kappa shape index (κ1) is 24.2. The Hall–Kier alpha value is -4.98. The summed E-state index contributed by atoms with van der Waals surface area (Å²) in [6, 6.07) is 27.9. The van der Waals surface area contributed by atoms with Crippen molar-refractivity contribution < 1.29 is 33.8 Å². The largest absolute Gasteiger partial charge is 0.478 e. The van der Waals surface area contributed by atoms with Crippen LogP contribution in [0.1, 0.15) is 20.7 Å². The minimum atomic E-state index is -2.11. The van der Waals surface area contributed by atoms with E-state index in [1.807, 2.05) is 18.2 Å².